The van der Waals surface area contributed by atoms with Crippen LogP contribution in [0.25, 0.3) is 10.1 Å². The largest absolute Gasteiger partial charge is 0.494 e. The number of fused-ring (bicyclic) bond motifs is 2. The smallest absolute Gasteiger partial charge is 0.375 e. The van der Waals surface area contributed by atoms with Gasteiger partial charge < -0.3 is 18.8 Å². The fourth-order valence-corrected chi connectivity index (χ4v) is 6.24. The Labute approximate surface area is 237 Å². The van der Waals surface area contributed by atoms with Crippen molar-refractivity contribution in [3.63, 3.8) is 0 Å². The third kappa shape index (κ3) is 5.85. The number of hydrogen-bond donors (Lipinski definition) is 0. The third-order valence-corrected chi connectivity index (χ3v) is 8.51. The summed E-state index contributed by atoms with van der Waals surface area (Å²) < 4.78 is 17.8. The molecule has 4 heterocycles. The molecule has 0 unspecified atom stereocenters. The third-order valence-electron chi connectivity index (χ3n) is 7.63. The number of carbonyl (C=O) groups is 2. The van der Waals surface area contributed by atoms with Crippen LogP contribution < -0.4 is 14.5 Å². The minimum absolute atomic E-state index is 0.0796. The Balaban J connectivity index is 0.952. The van der Waals surface area contributed by atoms with Gasteiger partial charge in [-0.15, -0.1) is 11.3 Å². The summed E-state index contributed by atoms with van der Waals surface area (Å²) in [6, 6.07) is 17.8. The number of piperazine rings is 1. The summed E-state index contributed by atoms with van der Waals surface area (Å²) in [6.45, 7) is 5.75. The van der Waals surface area contributed by atoms with Gasteiger partial charge >= 0.3 is 5.97 Å². The molecule has 40 heavy (non-hydrogen) atoms. The van der Waals surface area contributed by atoms with Gasteiger partial charge in [-0.2, -0.15) is 0 Å². The minimum atomic E-state index is -0.599. The number of furan rings is 1. The summed E-state index contributed by atoms with van der Waals surface area (Å²) >= 11 is 1.80. The quantitative estimate of drug-likeness (QED) is 0.186. The van der Waals surface area contributed by atoms with Crippen LogP contribution in [-0.2, 0) is 16.0 Å². The number of aryl methyl sites for hydroxylation is 1. The number of rotatable bonds is 10. The Kier molecular flexibility index (Phi) is 8.02. The van der Waals surface area contributed by atoms with Crippen molar-refractivity contribution in [2.24, 2.45) is 0 Å². The SMILES string of the molecule is O=C(OCN1C(=O)CCc2ccc(OCCCCN3CCN(c4cccc5sccc45)CC3)cc21)c1ccco1. The van der Waals surface area contributed by atoms with Crippen molar-refractivity contribution in [3.05, 3.63) is 77.6 Å². The van der Waals surface area contributed by atoms with E-state index in [0.29, 0.717) is 25.2 Å². The van der Waals surface area contributed by atoms with E-state index < -0.39 is 5.97 Å². The number of esters is 1. The van der Waals surface area contributed by atoms with Crippen LogP contribution >= 0.6 is 11.3 Å². The average molecular weight is 560 g/mol. The van der Waals surface area contributed by atoms with Crippen LogP contribution in [0.15, 0.2) is 70.7 Å². The first-order chi connectivity index (χ1) is 19.7. The zero-order valence-corrected chi connectivity index (χ0v) is 23.2. The van der Waals surface area contributed by atoms with Gasteiger partial charge in [-0.05, 0) is 73.1 Å². The van der Waals surface area contributed by atoms with E-state index in [1.807, 2.05) is 18.2 Å². The average Bonchev–Trinajstić information content (AvgIpc) is 3.70. The Bertz CT molecular complexity index is 1460. The van der Waals surface area contributed by atoms with Gasteiger partial charge in [-0.3, -0.25) is 14.6 Å². The lowest BCUT2D eigenvalue weighted by Crippen LogP contribution is -2.46. The lowest BCUT2D eigenvalue weighted by Gasteiger charge is -2.36. The van der Waals surface area contributed by atoms with Gasteiger partial charge in [-0.25, -0.2) is 4.79 Å². The van der Waals surface area contributed by atoms with Gasteiger partial charge in [0.15, 0.2) is 6.73 Å². The van der Waals surface area contributed by atoms with Crippen molar-refractivity contribution >= 4 is 44.7 Å². The molecule has 0 saturated carbocycles. The Hall–Kier alpha value is -3.82. The molecule has 2 aliphatic rings. The molecule has 2 aromatic carbocycles. The highest BCUT2D eigenvalue weighted by atomic mass is 32.1. The summed E-state index contributed by atoms with van der Waals surface area (Å²) in [7, 11) is 0. The molecule has 0 spiro atoms. The fourth-order valence-electron chi connectivity index (χ4n) is 5.43. The molecule has 0 N–H and O–H groups in total. The number of nitrogens with zero attached hydrogens (tertiary/aromatic N) is 3. The molecule has 1 saturated heterocycles. The zero-order chi connectivity index (χ0) is 27.3. The Morgan fingerprint density at radius 2 is 1.85 bits per heavy atom. The van der Waals surface area contributed by atoms with Crippen molar-refractivity contribution in [3.8, 4) is 5.75 Å². The van der Waals surface area contributed by atoms with Crippen molar-refractivity contribution in [1.82, 2.24) is 4.90 Å². The number of amides is 1. The molecule has 6 rings (SSSR count). The van der Waals surface area contributed by atoms with Crippen LogP contribution in [0.3, 0.4) is 0 Å². The molecule has 9 heteroatoms. The van der Waals surface area contributed by atoms with Crippen LogP contribution in [0.5, 0.6) is 5.75 Å². The van der Waals surface area contributed by atoms with E-state index in [9.17, 15) is 9.59 Å². The lowest BCUT2D eigenvalue weighted by atomic mass is 10.0. The second kappa shape index (κ2) is 12.1. The van der Waals surface area contributed by atoms with Gasteiger partial charge in [0.1, 0.15) is 5.75 Å². The van der Waals surface area contributed by atoms with E-state index in [1.54, 1.807) is 17.4 Å². The van der Waals surface area contributed by atoms with Gasteiger partial charge in [0.2, 0.25) is 11.7 Å². The molecule has 0 bridgehead atoms. The number of hydrogen-bond acceptors (Lipinski definition) is 8. The summed E-state index contributed by atoms with van der Waals surface area (Å²) in [5.74, 6) is 0.147. The number of ether oxygens (including phenoxy) is 2. The summed E-state index contributed by atoms with van der Waals surface area (Å²) in [6.07, 6.45) is 4.47. The van der Waals surface area contributed by atoms with E-state index in [-0.39, 0.29) is 18.4 Å². The van der Waals surface area contributed by atoms with E-state index in [1.165, 1.54) is 33.0 Å². The molecule has 2 aliphatic heterocycles. The van der Waals surface area contributed by atoms with Crippen molar-refractivity contribution < 1.29 is 23.5 Å². The zero-order valence-electron chi connectivity index (χ0n) is 22.4. The molecule has 8 nitrogen and oxygen atoms in total. The van der Waals surface area contributed by atoms with E-state index in [4.69, 9.17) is 13.9 Å². The molecular formula is C31H33N3O5S. The maximum absolute atomic E-state index is 12.6. The van der Waals surface area contributed by atoms with Crippen LogP contribution in [0.4, 0.5) is 11.4 Å². The number of unbranched alkanes of at least 4 members (excludes halogenated alkanes) is 1. The molecule has 1 amide bonds. The second-order valence-corrected chi connectivity index (χ2v) is 11.1. The molecule has 0 atom stereocenters. The maximum atomic E-state index is 12.6. The summed E-state index contributed by atoms with van der Waals surface area (Å²) in [5.41, 5.74) is 3.13. The Morgan fingerprint density at radius 1 is 0.950 bits per heavy atom. The van der Waals surface area contributed by atoms with E-state index in [0.717, 1.165) is 56.8 Å². The summed E-state index contributed by atoms with van der Waals surface area (Å²) in [4.78, 5) is 31.4. The van der Waals surface area contributed by atoms with Gasteiger partial charge in [-0.1, -0.05) is 12.1 Å². The topological polar surface area (TPSA) is 75.5 Å². The Morgan fingerprint density at radius 3 is 2.70 bits per heavy atom. The summed E-state index contributed by atoms with van der Waals surface area (Å²) in [5, 5.41) is 3.54. The van der Waals surface area contributed by atoms with Crippen LogP contribution in [0.1, 0.15) is 35.4 Å². The van der Waals surface area contributed by atoms with Gasteiger partial charge in [0.05, 0.1) is 18.6 Å². The number of carbonyl (C=O) groups excluding carboxylic acids is 2. The van der Waals surface area contributed by atoms with E-state index >= 15 is 0 Å². The highest BCUT2D eigenvalue weighted by molar-refractivity contribution is 7.17. The van der Waals surface area contributed by atoms with Crippen molar-refractivity contribution in [2.45, 2.75) is 25.7 Å². The highest BCUT2D eigenvalue weighted by Gasteiger charge is 2.26. The van der Waals surface area contributed by atoms with Crippen LogP contribution in [0.2, 0.25) is 0 Å². The molecule has 0 radical (unpaired) electrons. The molecular weight excluding hydrogens is 526 g/mol. The first-order valence-electron chi connectivity index (χ1n) is 13.9. The first-order valence-corrected chi connectivity index (χ1v) is 14.7. The van der Waals surface area contributed by atoms with Gasteiger partial charge in [0, 0.05) is 54.4 Å². The fraction of sp³-hybridized carbons (Fsp3) is 0.355. The number of anilines is 2. The second-order valence-electron chi connectivity index (χ2n) is 10.1. The molecule has 0 aliphatic carbocycles. The lowest BCUT2D eigenvalue weighted by molar-refractivity contribution is -0.119. The van der Waals surface area contributed by atoms with E-state index in [2.05, 4.69) is 39.4 Å². The predicted octanol–water partition coefficient (Wildman–Crippen LogP) is 5.57. The van der Waals surface area contributed by atoms with Crippen LogP contribution in [-0.4, -0.2) is 62.8 Å². The predicted molar refractivity (Wildman–Crippen MR) is 156 cm³/mol. The standard InChI is InChI=1S/C31H33N3O5S/c35-30-11-9-23-8-10-24(21-27(23)34(30)22-39-31(36)28-6-4-19-38-28)37-18-2-1-13-32-14-16-33(17-15-32)26-5-3-7-29-25(26)12-20-40-29/h3-8,10,12,19-21H,1-2,9,11,13-18,22H2. The first kappa shape index (κ1) is 26.4. The molecule has 208 valence electrons. The molecule has 1 fully saturated rings. The molecule has 2 aromatic heterocycles. The van der Waals surface area contributed by atoms with Crippen molar-refractivity contribution in [2.75, 3.05) is 55.9 Å². The highest BCUT2D eigenvalue weighted by Crippen LogP contribution is 2.33. The van der Waals surface area contributed by atoms with Crippen LogP contribution in [0, 0.1) is 0 Å². The minimum Gasteiger partial charge on any atom is -0.494 e. The maximum Gasteiger partial charge on any atom is 0.375 e. The monoisotopic (exact) mass is 559 g/mol. The number of thiophene rings is 1. The molecule has 4 aromatic rings. The van der Waals surface area contributed by atoms with Gasteiger partial charge in [0.25, 0.3) is 0 Å². The normalized spacial score (nSPS) is 15.8. The van der Waals surface area contributed by atoms with Crippen molar-refractivity contribution in [1.29, 1.82) is 0 Å². The number of benzene rings is 2.